The van der Waals surface area contributed by atoms with Crippen molar-refractivity contribution in [1.82, 2.24) is 4.90 Å². The molecule has 1 aliphatic carbocycles. The van der Waals surface area contributed by atoms with E-state index in [0.29, 0.717) is 5.92 Å². The molecule has 4 nitrogen and oxygen atoms in total. The van der Waals surface area contributed by atoms with Crippen LogP contribution in [-0.2, 0) is 14.3 Å². The van der Waals surface area contributed by atoms with Gasteiger partial charge in [0.25, 0.3) is 5.91 Å². The van der Waals surface area contributed by atoms with E-state index in [9.17, 15) is 9.59 Å². The average molecular weight is 235 g/mol. The van der Waals surface area contributed by atoms with Crippen LogP contribution in [0.25, 0.3) is 0 Å². The van der Waals surface area contributed by atoms with E-state index in [2.05, 4.69) is 0 Å². The minimum Gasteiger partial charge on any atom is -0.491 e. The van der Waals surface area contributed by atoms with E-state index in [1.54, 1.807) is 0 Å². The fourth-order valence-electron chi connectivity index (χ4n) is 3.64. The van der Waals surface area contributed by atoms with E-state index in [1.807, 2.05) is 4.90 Å². The van der Waals surface area contributed by atoms with Gasteiger partial charge < -0.3 is 9.64 Å². The number of allylic oxidation sites excluding steroid dienone is 1. The lowest BCUT2D eigenvalue weighted by Crippen LogP contribution is -2.45. The Kier molecular flexibility index (Phi) is 2.45. The Morgan fingerprint density at radius 1 is 1.29 bits per heavy atom. The molecular formula is C13H17NO3. The summed E-state index contributed by atoms with van der Waals surface area (Å²) in [6, 6.07) is 0.132. The molecule has 1 saturated heterocycles. The van der Waals surface area contributed by atoms with E-state index < -0.39 is 0 Å². The zero-order valence-electron chi connectivity index (χ0n) is 10.0. The Morgan fingerprint density at radius 2 is 2.12 bits per heavy atom. The lowest BCUT2D eigenvalue weighted by Gasteiger charge is -2.35. The molecule has 2 aliphatic heterocycles. The second-order valence-corrected chi connectivity index (χ2v) is 5.19. The molecule has 3 atom stereocenters. The quantitative estimate of drug-likeness (QED) is 0.684. The lowest BCUT2D eigenvalue weighted by atomic mass is 9.76. The summed E-state index contributed by atoms with van der Waals surface area (Å²) in [7, 11) is 1.46. The Hall–Kier alpha value is -1.32. The molecule has 0 aromatic rings. The van der Waals surface area contributed by atoms with Crippen LogP contribution in [0.2, 0.25) is 0 Å². The van der Waals surface area contributed by atoms with Crippen molar-refractivity contribution in [3.8, 4) is 0 Å². The molecule has 0 N–H and O–H groups in total. The van der Waals surface area contributed by atoms with Gasteiger partial charge in [-0.15, -0.1) is 0 Å². The molecular weight excluding hydrogens is 218 g/mol. The molecule has 1 saturated carbocycles. The third-order valence-corrected chi connectivity index (χ3v) is 4.42. The molecule has 92 valence electrons. The molecule has 0 bridgehead atoms. The van der Waals surface area contributed by atoms with Crippen LogP contribution < -0.4 is 0 Å². The Bertz CT molecular complexity index is 401. The molecule has 3 rings (SSSR count). The first-order valence-corrected chi connectivity index (χ1v) is 6.33. The molecule has 4 heteroatoms. The summed E-state index contributed by atoms with van der Waals surface area (Å²) in [6.07, 6.45) is 5.62. The summed E-state index contributed by atoms with van der Waals surface area (Å²) in [5, 5.41) is 0. The largest absolute Gasteiger partial charge is 0.491 e. The van der Waals surface area contributed by atoms with Gasteiger partial charge in [-0.2, -0.15) is 0 Å². The SMILES string of the molecule is COC1=CC(=O)[C@H]2CCC[C@H]3CCN(C1=O)[C@H]32. The van der Waals surface area contributed by atoms with Crippen molar-refractivity contribution in [2.75, 3.05) is 13.7 Å². The predicted molar refractivity (Wildman–Crippen MR) is 61.0 cm³/mol. The van der Waals surface area contributed by atoms with Gasteiger partial charge in [-0.25, -0.2) is 0 Å². The van der Waals surface area contributed by atoms with Gasteiger partial charge in [0, 0.05) is 24.6 Å². The fourth-order valence-corrected chi connectivity index (χ4v) is 3.64. The van der Waals surface area contributed by atoms with Crippen molar-refractivity contribution < 1.29 is 14.3 Å². The maximum atomic E-state index is 12.2. The smallest absolute Gasteiger partial charge is 0.289 e. The standard InChI is InChI=1S/C13H17NO3/c1-17-11-7-10(15)9-4-2-3-8-5-6-14(12(8)9)13(11)16/h7-9,12H,2-6H2,1H3/t8-,9+,12+/m0/s1. The maximum Gasteiger partial charge on any atom is 0.289 e. The number of rotatable bonds is 1. The van der Waals surface area contributed by atoms with Crippen molar-refractivity contribution in [3.63, 3.8) is 0 Å². The second-order valence-electron chi connectivity index (χ2n) is 5.19. The van der Waals surface area contributed by atoms with Gasteiger partial charge in [-0.1, -0.05) is 6.42 Å². The van der Waals surface area contributed by atoms with Gasteiger partial charge in [-0.3, -0.25) is 9.59 Å². The van der Waals surface area contributed by atoms with Crippen LogP contribution in [0, 0.1) is 11.8 Å². The van der Waals surface area contributed by atoms with E-state index in [0.717, 1.165) is 32.2 Å². The Morgan fingerprint density at radius 3 is 2.88 bits per heavy atom. The summed E-state index contributed by atoms with van der Waals surface area (Å²) >= 11 is 0. The van der Waals surface area contributed by atoms with Crippen LogP contribution in [0.15, 0.2) is 11.8 Å². The summed E-state index contributed by atoms with van der Waals surface area (Å²) < 4.78 is 5.06. The number of carbonyl (C=O) groups is 2. The van der Waals surface area contributed by atoms with Crippen LogP contribution >= 0.6 is 0 Å². The second kappa shape index (κ2) is 3.86. The zero-order valence-corrected chi connectivity index (χ0v) is 10.0. The van der Waals surface area contributed by atoms with Crippen LogP contribution in [0.4, 0.5) is 0 Å². The molecule has 0 aromatic heterocycles. The van der Waals surface area contributed by atoms with E-state index >= 15 is 0 Å². The Balaban J connectivity index is 2.02. The van der Waals surface area contributed by atoms with Gasteiger partial charge >= 0.3 is 0 Å². The predicted octanol–water partition coefficient (Wildman–Crippen LogP) is 1.12. The minimum atomic E-state index is -0.0993. The number of hydrogen-bond donors (Lipinski definition) is 0. The molecule has 0 spiro atoms. The molecule has 2 heterocycles. The molecule has 3 aliphatic rings. The highest BCUT2D eigenvalue weighted by molar-refractivity contribution is 6.04. The maximum absolute atomic E-state index is 12.2. The summed E-state index contributed by atoms with van der Waals surface area (Å²) in [6.45, 7) is 0.776. The topological polar surface area (TPSA) is 46.6 Å². The highest BCUT2D eigenvalue weighted by atomic mass is 16.5. The first-order chi connectivity index (χ1) is 8.22. The number of nitrogens with zero attached hydrogens (tertiary/aromatic N) is 1. The molecule has 1 amide bonds. The molecule has 0 aromatic carbocycles. The third kappa shape index (κ3) is 1.50. The van der Waals surface area contributed by atoms with Crippen LogP contribution in [0.5, 0.6) is 0 Å². The van der Waals surface area contributed by atoms with Crippen LogP contribution in [0.3, 0.4) is 0 Å². The summed E-state index contributed by atoms with van der Waals surface area (Å²) in [4.78, 5) is 26.2. The van der Waals surface area contributed by atoms with Crippen molar-refractivity contribution in [1.29, 1.82) is 0 Å². The molecule has 0 unspecified atom stereocenters. The third-order valence-electron chi connectivity index (χ3n) is 4.42. The number of ketones is 1. The first-order valence-electron chi connectivity index (χ1n) is 6.33. The number of hydrogen-bond acceptors (Lipinski definition) is 3. The minimum absolute atomic E-state index is 0.00727. The first kappa shape index (κ1) is 10.8. The molecule has 17 heavy (non-hydrogen) atoms. The monoisotopic (exact) mass is 235 g/mol. The van der Waals surface area contributed by atoms with E-state index in [-0.39, 0.29) is 29.4 Å². The highest BCUT2D eigenvalue weighted by Crippen LogP contribution is 2.42. The van der Waals surface area contributed by atoms with E-state index in [1.165, 1.54) is 13.2 Å². The van der Waals surface area contributed by atoms with Crippen molar-refractivity contribution in [2.45, 2.75) is 31.7 Å². The van der Waals surface area contributed by atoms with Gasteiger partial charge in [-0.05, 0) is 25.2 Å². The lowest BCUT2D eigenvalue weighted by molar-refractivity contribution is -0.133. The normalized spacial score (nSPS) is 36.4. The number of carbonyl (C=O) groups excluding carboxylic acids is 2. The van der Waals surface area contributed by atoms with E-state index in [4.69, 9.17) is 4.74 Å². The van der Waals surface area contributed by atoms with Crippen molar-refractivity contribution in [3.05, 3.63) is 11.8 Å². The van der Waals surface area contributed by atoms with Crippen molar-refractivity contribution >= 4 is 11.7 Å². The Labute approximate surface area is 101 Å². The summed E-state index contributed by atoms with van der Waals surface area (Å²) in [5.41, 5.74) is 0. The summed E-state index contributed by atoms with van der Waals surface area (Å²) in [5.74, 6) is 0.719. The fraction of sp³-hybridized carbons (Fsp3) is 0.692. The highest BCUT2D eigenvalue weighted by Gasteiger charge is 2.48. The van der Waals surface area contributed by atoms with Gasteiger partial charge in [0.1, 0.15) is 0 Å². The van der Waals surface area contributed by atoms with Crippen molar-refractivity contribution in [2.24, 2.45) is 11.8 Å². The number of methoxy groups -OCH3 is 1. The molecule has 2 fully saturated rings. The van der Waals surface area contributed by atoms with Crippen LogP contribution in [-0.4, -0.2) is 36.3 Å². The molecule has 0 radical (unpaired) electrons. The van der Waals surface area contributed by atoms with Gasteiger partial charge in [0.2, 0.25) is 0 Å². The van der Waals surface area contributed by atoms with Gasteiger partial charge in [0.15, 0.2) is 11.5 Å². The number of amides is 1. The number of ether oxygens (including phenoxy) is 1. The van der Waals surface area contributed by atoms with Gasteiger partial charge in [0.05, 0.1) is 7.11 Å². The average Bonchev–Trinajstić information content (AvgIpc) is 2.74. The van der Waals surface area contributed by atoms with Crippen LogP contribution in [0.1, 0.15) is 25.7 Å². The zero-order chi connectivity index (χ0) is 12.0.